The molecule has 1 heterocycles. The first-order valence-electron chi connectivity index (χ1n) is 8.16. The van der Waals surface area contributed by atoms with Gasteiger partial charge in [-0.1, -0.05) is 0 Å². The van der Waals surface area contributed by atoms with E-state index in [9.17, 15) is 15.2 Å². The van der Waals surface area contributed by atoms with Gasteiger partial charge in [0.2, 0.25) is 0 Å². The summed E-state index contributed by atoms with van der Waals surface area (Å²) in [5, 5.41) is 24.8. The molecule has 2 aromatic carbocycles. The van der Waals surface area contributed by atoms with E-state index in [0.717, 1.165) is 5.56 Å². The maximum Gasteiger partial charge on any atom is 0.269 e. The number of nitro groups is 1. The van der Waals surface area contributed by atoms with Crippen LogP contribution in [0.3, 0.4) is 0 Å². The van der Waals surface area contributed by atoms with E-state index in [4.69, 9.17) is 21.7 Å². The predicted molar refractivity (Wildman–Crippen MR) is 104 cm³/mol. The van der Waals surface area contributed by atoms with Crippen LogP contribution >= 0.6 is 12.2 Å². The Bertz CT molecular complexity index is 872. The van der Waals surface area contributed by atoms with E-state index < -0.39 is 11.0 Å². The summed E-state index contributed by atoms with van der Waals surface area (Å²) in [6, 6.07) is 9.54. The smallest absolute Gasteiger partial charge is 0.269 e. The number of hydrogen-bond acceptors (Lipinski definition) is 6. The number of nitro benzene ring substituents is 1. The molecule has 142 valence electrons. The number of hydrogen-bond donors (Lipinski definition) is 2. The zero-order chi connectivity index (χ0) is 19.6. The number of thiocarbonyl (C=S) groups is 1. The maximum atomic E-state index is 10.7. The number of nitrogens with one attached hydrogen (secondary N) is 1. The number of aliphatic hydroxyl groups excluding tert-OH is 1. The van der Waals surface area contributed by atoms with Crippen molar-refractivity contribution in [1.82, 2.24) is 4.90 Å². The van der Waals surface area contributed by atoms with Crippen LogP contribution in [0.2, 0.25) is 0 Å². The van der Waals surface area contributed by atoms with Gasteiger partial charge in [-0.2, -0.15) is 0 Å². The van der Waals surface area contributed by atoms with Crippen molar-refractivity contribution in [3.8, 4) is 11.5 Å². The third-order valence-electron chi connectivity index (χ3n) is 4.41. The van der Waals surface area contributed by atoms with E-state index >= 15 is 0 Å². The molecule has 0 aliphatic carbocycles. The molecular formula is C18H19N3O5S. The van der Waals surface area contributed by atoms with E-state index in [1.807, 2.05) is 4.90 Å². The average Bonchev–Trinajstić information content (AvgIpc) is 2.67. The zero-order valence-corrected chi connectivity index (χ0v) is 15.7. The summed E-state index contributed by atoms with van der Waals surface area (Å²) in [5.41, 5.74) is 2.14. The Morgan fingerprint density at radius 1 is 1.22 bits per heavy atom. The molecule has 2 N–H and O–H groups in total. The normalized spacial score (nSPS) is 15.7. The largest absolute Gasteiger partial charge is 0.496 e. The molecule has 0 fully saturated rings. The van der Waals surface area contributed by atoms with Crippen LogP contribution in [0.5, 0.6) is 11.5 Å². The Morgan fingerprint density at radius 2 is 1.85 bits per heavy atom. The number of aliphatic hydroxyl groups is 1. The number of anilines is 1. The summed E-state index contributed by atoms with van der Waals surface area (Å²) in [6.45, 7) is 0.723. The first-order valence-corrected chi connectivity index (χ1v) is 8.57. The quantitative estimate of drug-likeness (QED) is 0.468. The van der Waals surface area contributed by atoms with Crippen LogP contribution in [-0.4, -0.2) is 40.8 Å². The fourth-order valence-electron chi connectivity index (χ4n) is 3.10. The minimum atomic E-state index is -0.796. The highest BCUT2D eigenvalue weighted by atomic mass is 32.1. The van der Waals surface area contributed by atoms with Gasteiger partial charge in [0.1, 0.15) is 17.6 Å². The molecule has 27 heavy (non-hydrogen) atoms. The summed E-state index contributed by atoms with van der Waals surface area (Å²) in [6.07, 6.45) is -0.796. The molecule has 0 radical (unpaired) electrons. The van der Waals surface area contributed by atoms with Crippen molar-refractivity contribution in [3.63, 3.8) is 0 Å². The van der Waals surface area contributed by atoms with E-state index in [1.165, 1.54) is 12.1 Å². The third kappa shape index (κ3) is 3.79. The van der Waals surface area contributed by atoms with Gasteiger partial charge in [0, 0.05) is 35.5 Å². The van der Waals surface area contributed by atoms with Crippen LogP contribution in [0.1, 0.15) is 17.2 Å². The number of nitrogens with zero attached hydrogens (tertiary/aromatic N) is 2. The SMILES string of the molecule is COc1ccc(OC)c2c1CN(C(=S)Nc1ccc([N+](=O)[O-])cc1)C[C@@H]2O. The van der Waals surface area contributed by atoms with Crippen molar-refractivity contribution in [2.45, 2.75) is 12.6 Å². The third-order valence-corrected chi connectivity index (χ3v) is 4.77. The molecule has 0 spiro atoms. The zero-order valence-electron chi connectivity index (χ0n) is 14.8. The van der Waals surface area contributed by atoms with E-state index in [-0.39, 0.29) is 12.2 Å². The summed E-state index contributed by atoms with van der Waals surface area (Å²) >= 11 is 5.46. The fraction of sp³-hybridized carbons (Fsp3) is 0.278. The monoisotopic (exact) mass is 389 g/mol. The molecule has 0 unspecified atom stereocenters. The lowest BCUT2D eigenvalue weighted by Crippen LogP contribution is -2.41. The number of non-ortho nitro benzene ring substituents is 1. The van der Waals surface area contributed by atoms with E-state index in [2.05, 4.69) is 5.32 Å². The van der Waals surface area contributed by atoms with Crippen molar-refractivity contribution in [1.29, 1.82) is 0 Å². The van der Waals surface area contributed by atoms with Crippen molar-refractivity contribution in [2.24, 2.45) is 0 Å². The van der Waals surface area contributed by atoms with Crippen molar-refractivity contribution < 1.29 is 19.5 Å². The van der Waals surface area contributed by atoms with E-state index in [1.54, 1.807) is 38.5 Å². The van der Waals surface area contributed by atoms with Crippen molar-refractivity contribution in [2.75, 3.05) is 26.1 Å². The van der Waals surface area contributed by atoms with Gasteiger partial charge in [-0.05, 0) is 36.5 Å². The van der Waals surface area contributed by atoms with Crippen LogP contribution in [0.15, 0.2) is 36.4 Å². The van der Waals surface area contributed by atoms with Crippen LogP contribution in [0, 0.1) is 10.1 Å². The molecule has 2 aromatic rings. The first-order chi connectivity index (χ1) is 12.9. The highest BCUT2D eigenvalue weighted by Gasteiger charge is 2.30. The fourth-order valence-corrected chi connectivity index (χ4v) is 3.36. The van der Waals surface area contributed by atoms with Gasteiger partial charge < -0.3 is 24.8 Å². The first kappa shape index (κ1) is 18.9. The number of β-amino-alcohol motifs (C(OH)–C–C–N with tert-alkyl or cyclic N) is 1. The van der Waals surface area contributed by atoms with Gasteiger partial charge in [0.15, 0.2) is 5.11 Å². The lowest BCUT2D eigenvalue weighted by atomic mass is 9.95. The van der Waals surface area contributed by atoms with Gasteiger partial charge in [0.25, 0.3) is 5.69 Å². The second-order valence-corrected chi connectivity index (χ2v) is 6.38. The Labute approximate surface area is 161 Å². The summed E-state index contributed by atoms with van der Waals surface area (Å²) in [7, 11) is 3.13. The average molecular weight is 389 g/mol. The molecule has 1 aliphatic heterocycles. The van der Waals surface area contributed by atoms with Gasteiger partial charge >= 0.3 is 0 Å². The highest BCUT2D eigenvalue weighted by molar-refractivity contribution is 7.80. The number of fused-ring (bicyclic) bond motifs is 1. The van der Waals surface area contributed by atoms with Gasteiger partial charge in [0.05, 0.1) is 25.7 Å². The number of benzene rings is 2. The van der Waals surface area contributed by atoms with Crippen molar-refractivity contribution in [3.05, 3.63) is 57.6 Å². The lowest BCUT2D eigenvalue weighted by Gasteiger charge is -2.35. The molecule has 1 aliphatic rings. The second-order valence-electron chi connectivity index (χ2n) is 5.99. The van der Waals surface area contributed by atoms with Crippen LogP contribution < -0.4 is 14.8 Å². The van der Waals surface area contributed by atoms with Gasteiger partial charge in [-0.3, -0.25) is 10.1 Å². The summed E-state index contributed by atoms with van der Waals surface area (Å²) in [4.78, 5) is 12.1. The summed E-state index contributed by atoms with van der Waals surface area (Å²) < 4.78 is 10.8. The van der Waals surface area contributed by atoms with Gasteiger partial charge in [-0.25, -0.2) is 0 Å². The van der Waals surface area contributed by atoms with Crippen LogP contribution in [0.25, 0.3) is 0 Å². The maximum absolute atomic E-state index is 10.7. The van der Waals surface area contributed by atoms with Crippen molar-refractivity contribution >= 4 is 28.7 Å². The highest BCUT2D eigenvalue weighted by Crippen LogP contribution is 2.39. The second kappa shape index (κ2) is 7.77. The molecule has 1 atom stereocenters. The Morgan fingerprint density at radius 3 is 2.44 bits per heavy atom. The molecule has 0 saturated carbocycles. The standard InChI is InChI=1S/C18H19N3O5S/c1-25-15-7-8-16(26-2)17-13(15)9-20(10-14(17)22)18(27)19-11-3-5-12(6-4-11)21(23)24/h3-8,14,22H,9-10H2,1-2H3,(H,19,27)/t14-/m0/s1. The van der Waals surface area contributed by atoms with E-state index in [0.29, 0.717) is 34.4 Å². The molecule has 0 amide bonds. The Kier molecular flexibility index (Phi) is 5.43. The number of methoxy groups -OCH3 is 2. The number of ether oxygens (including phenoxy) is 2. The molecule has 9 heteroatoms. The molecular weight excluding hydrogens is 370 g/mol. The number of rotatable bonds is 4. The molecule has 8 nitrogen and oxygen atoms in total. The predicted octanol–water partition coefficient (Wildman–Crippen LogP) is 2.86. The molecule has 0 aromatic heterocycles. The van der Waals surface area contributed by atoms with Crippen LogP contribution in [0.4, 0.5) is 11.4 Å². The molecule has 0 bridgehead atoms. The molecule has 3 rings (SSSR count). The van der Waals surface area contributed by atoms with Crippen LogP contribution in [-0.2, 0) is 6.54 Å². The Hall–Kier alpha value is -2.91. The Balaban J connectivity index is 1.81. The minimum Gasteiger partial charge on any atom is -0.496 e. The van der Waals surface area contributed by atoms with Gasteiger partial charge in [-0.15, -0.1) is 0 Å². The topological polar surface area (TPSA) is 97.1 Å². The lowest BCUT2D eigenvalue weighted by molar-refractivity contribution is -0.384. The summed E-state index contributed by atoms with van der Waals surface area (Å²) in [5.74, 6) is 1.25. The minimum absolute atomic E-state index is 0.00521. The molecule has 0 saturated heterocycles.